The Morgan fingerprint density at radius 1 is 1.29 bits per heavy atom. The number of rotatable bonds is 9. The third-order valence-corrected chi connectivity index (χ3v) is 4.19. The molecule has 21 heavy (non-hydrogen) atoms. The number of halogens is 1. The highest BCUT2D eigenvalue weighted by Crippen LogP contribution is 2.27. The molecule has 120 valence electrons. The monoisotopic (exact) mass is 356 g/mol. The second-order valence-electron chi connectivity index (χ2n) is 6.03. The lowest BCUT2D eigenvalue weighted by Crippen LogP contribution is -2.31. The zero-order chi connectivity index (χ0) is 15.8. The summed E-state index contributed by atoms with van der Waals surface area (Å²) in [7, 11) is 3.92. The quantitative estimate of drug-likeness (QED) is 0.675. The first-order valence-electron chi connectivity index (χ1n) is 7.66. The van der Waals surface area contributed by atoms with Crippen molar-refractivity contribution in [2.75, 3.05) is 32.2 Å². The average molecular weight is 357 g/mol. The summed E-state index contributed by atoms with van der Waals surface area (Å²) in [5.74, 6) is 0.706. The molecule has 0 bridgehead atoms. The maximum absolute atomic E-state index is 5.08. The van der Waals surface area contributed by atoms with Crippen LogP contribution in [0.3, 0.4) is 0 Å². The van der Waals surface area contributed by atoms with Gasteiger partial charge in [0.2, 0.25) is 0 Å². The molecule has 1 aromatic rings. The standard InChI is InChI=1S/C17H29BrN2O/c1-13(2)10-14(3)20(4)17-11-16(18)7-6-15(17)12-19-8-9-21-5/h6-7,11,13-14,19H,8-10,12H2,1-5H3. The molecule has 0 heterocycles. The topological polar surface area (TPSA) is 24.5 Å². The summed E-state index contributed by atoms with van der Waals surface area (Å²) in [6, 6.07) is 7.04. The Morgan fingerprint density at radius 2 is 2.00 bits per heavy atom. The first kappa shape index (κ1) is 18.5. The molecule has 1 atom stereocenters. The highest BCUT2D eigenvalue weighted by molar-refractivity contribution is 9.10. The van der Waals surface area contributed by atoms with Crippen LogP contribution < -0.4 is 10.2 Å². The molecule has 1 unspecified atom stereocenters. The third kappa shape index (κ3) is 6.37. The van der Waals surface area contributed by atoms with Gasteiger partial charge in [-0.2, -0.15) is 0 Å². The Hall–Kier alpha value is -0.580. The minimum Gasteiger partial charge on any atom is -0.383 e. The van der Waals surface area contributed by atoms with E-state index in [1.165, 1.54) is 17.7 Å². The molecule has 4 heteroatoms. The van der Waals surface area contributed by atoms with Gasteiger partial charge in [0.15, 0.2) is 0 Å². The second kappa shape index (κ2) is 9.44. The van der Waals surface area contributed by atoms with Gasteiger partial charge in [0.05, 0.1) is 6.61 Å². The molecule has 0 aliphatic rings. The van der Waals surface area contributed by atoms with Gasteiger partial charge in [0, 0.05) is 43.4 Å². The van der Waals surface area contributed by atoms with Crippen LogP contribution in [0.5, 0.6) is 0 Å². The van der Waals surface area contributed by atoms with Crippen LogP contribution in [0.15, 0.2) is 22.7 Å². The van der Waals surface area contributed by atoms with Gasteiger partial charge in [0.25, 0.3) is 0 Å². The minimum absolute atomic E-state index is 0.525. The van der Waals surface area contributed by atoms with Gasteiger partial charge in [-0.25, -0.2) is 0 Å². The number of hydrogen-bond donors (Lipinski definition) is 1. The molecule has 0 amide bonds. The number of anilines is 1. The van der Waals surface area contributed by atoms with Gasteiger partial charge in [-0.3, -0.25) is 0 Å². The fraction of sp³-hybridized carbons (Fsp3) is 0.647. The Kier molecular flexibility index (Phi) is 8.30. The van der Waals surface area contributed by atoms with E-state index in [-0.39, 0.29) is 0 Å². The van der Waals surface area contributed by atoms with Crippen molar-refractivity contribution in [2.24, 2.45) is 5.92 Å². The summed E-state index contributed by atoms with van der Waals surface area (Å²) in [5.41, 5.74) is 2.62. The van der Waals surface area contributed by atoms with Crippen LogP contribution in [0.25, 0.3) is 0 Å². The largest absolute Gasteiger partial charge is 0.383 e. The van der Waals surface area contributed by atoms with E-state index in [9.17, 15) is 0 Å². The highest BCUT2D eigenvalue weighted by Gasteiger charge is 2.15. The summed E-state index contributed by atoms with van der Waals surface area (Å²) >= 11 is 3.59. The molecule has 0 aliphatic carbocycles. The van der Waals surface area contributed by atoms with E-state index in [2.05, 4.69) is 72.2 Å². The lowest BCUT2D eigenvalue weighted by molar-refractivity contribution is 0.199. The van der Waals surface area contributed by atoms with Crippen LogP contribution in [0.4, 0.5) is 5.69 Å². The van der Waals surface area contributed by atoms with Crippen molar-refractivity contribution in [3.05, 3.63) is 28.2 Å². The number of hydrogen-bond acceptors (Lipinski definition) is 3. The molecule has 0 aromatic heterocycles. The van der Waals surface area contributed by atoms with Crippen LogP contribution in [-0.2, 0) is 11.3 Å². The van der Waals surface area contributed by atoms with Crippen molar-refractivity contribution in [1.82, 2.24) is 5.32 Å². The van der Waals surface area contributed by atoms with E-state index in [1.54, 1.807) is 7.11 Å². The zero-order valence-electron chi connectivity index (χ0n) is 13.9. The van der Waals surface area contributed by atoms with Gasteiger partial charge in [-0.15, -0.1) is 0 Å². The Morgan fingerprint density at radius 3 is 2.62 bits per heavy atom. The highest BCUT2D eigenvalue weighted by atomic mass is 79.9. The predicted octanol–water partition coefficient (Wildman–Crippen LogP) is 4.06. The molecule has 0 radical (unpaired) electrons. The van der Waals surface area contributed by atoms with Crippen molar-refractivity contribution < 1.29 is 4.74 Å². The molecule has 1 rings (SSSR count). The van der Waals surface area contributed by atoms with Crippen molar-refractivity contribution in [2.45, 2.75) is 39.8 Å². The molecular formula is C17H29BrN2O. The smallest absolute Gasteiger partial charge is 0.0587 e. The molecule has 0 spiro atoms. The minimum atomic E-state index is 0.525. The van der Waals surface area contributed by atoms with Gasteiger partial charge in [-0.05, 0) is 37.0 Å². The third-order valence-electron chi connectivity index (χ3n) is 3.70. The molecule has 3 nitrogen and oxygen atoms in total. The number of nitrogens with one attached hydrogen (secondary N) is 1. The Labute approximate surface area is 138 Å². The maximum atomic E-state index is 5.08. The first-order chi connectivity index (χ1) is 9.95. The molecule has 0 saturated heterocycles. The normalized spacial score (nSPS) is 12.7. The Bertz CT molecular complexity index is 423. The molecule has 0 saturated carbocycles. The van der Waals surface area contributed by atoms with Crippen LogP contribution in [-0.4, -0.2) is 33.4 Å². The molecule has 1 N–H and O–H groups in total. The molecular weight excluding hydrogens is 328 g/mol. The van der Waals surface area contributed by atoms with E-state index >= 15 is 0 Å². The van der Waals surface area contributed by atoms with Crippen LogP contribution in [0.2, 0.25) is 0 Å². The van der Waals surface area contributed by atoms with Crippen LogP contribution in [0, 0.1) is 5.92 Å². The van der Waals surface area contributed by atoms with E-state index < -0.39 is 0 Å². The lowest BCUT2D eigenvalue weighted by atomic mass is 10.0. The average Bonchev–Trinajstić information content (AvgIpc) is 2.43. The molecule has 1 aromatic carbocycles. The summed E-state index contributed by atoms with van der Waals surface area (Å²) in [5, 5.41) is 3.43. The molecule has 0 fully saturated rings. The summed E-state index contributed by atoms with van der Waals surface area (Å²) in [6.45, 7) is 9.33. The summed E-state index contributed by atoms with van der Waals surface area (Å²) in [4.78, 5) is 2.39. The van der Waals surface area contributed by atoms with Crippen LogP contribution >= 0.6 is 15.9 Å². The van der Waals surface area contributed by atoms with E-state index in [0.717, 1.165) is 24.2 Å². The number of ether oxygens (including phenoxy) is 1. The van der Waals surface area contributed by atoms with Gasteiger partial charge in [0.1, 0.15) is 0 Å². The number of benzene rings is 1. The lowest BCUT2D eigenvalue weighted by Gasteiger charge is -2.30. The second-order valence-corrected chi connectivity index (χ2v) is 6.95. The van der Waals surface area contributed by atoms with Crippen molar-refractivity contribution in [3.63, 3.8) is 0 Å². The fourth-order valence-corrected chi connectivity index (χ4v) is 2.84. The number of nitrogens with zero attached hydrogens (tertiary/aromatic N) is 1. The first-order valence-corrected chi connectivity index (χ1v) is 8.46. The Balaban J connectivity index is 2.80. The van der Waals surface area contributed by atoms with Gasteiger partial charge >= 0.3 is 0 Å². The van der Waals surface area contributed by atoms with Gasteiger partial charge < -0.3 is 15.0 Å². The van der Waals surface area contributed by atoms with Crippen molar-refractivity contribution in [1.29, 1.82) is 0 Å². The maximum Gasteiger partial charge on any atom is 0.0587 e. The van der Waals surface area contributed by atoms with E-state index in [1.807, 2.05) is 0 Å². The van der Waals surface area contributed by atoms with E-state index in [4.69, 9.17) is 4.74 Å². The molecule has 0 aliphatic heterocycles. The summed E-state index contributed by atoms with van der Waals surface area (Å²) in [6.07, 6.45) is 1.19. The van der Waals surface area contributed by atoms with Gasteiger partial charge in [-0.1, -0.05) is 35.8 Å². The zero-order valence-corrected chi connectivity index (χ0v) is 15.5. The van der Waals surface area contributed by atoms with Crippen LogP contribution in [0.1, 0.15) is 32.8 Å². The number of methoxy groups -OCH3 is 1. The SMILES string of the molecule is COCCNCc1ccc(Br)cc1N(C)C(C)CC(C)C. The fourth-order valence-electron chi connectivity index (χ4n) is 2.49. The predicted molar refractivity (Wildman–Crippen MR) is 95.0 cm³/mol. The van der Waals surface area contributed by atoms with Crippen molar-refractivity contribution in [3.8, 4) is 0 Å². The van der Waals surface area contributed by atoms with Crippen molar-refractivity contribution >= 4 is 21.6 Å². The van der Waals surface area contributed by atoms with E-state index in [0.29, 0.717) is 12.0 Å². The summed E-state index contributed by atoms with van der Waals surface area (Å²) < 4.78 is 6.20.